The van der Waals surface area contributed by atoms with Gasteiger partial charge < -0.3 is 20.7 Å². The molecular formula is C17H15Cl3IN3O2S. The van der Waals surface area contributed by atoms with E-state index in [9.17, 15) is 4.79 Å². The summed E-state index contributed by atoms with van der Waals surface area (Å²) < 4.78 is 4.42. The summed E-state index contributed by atoms with van der Waals surface area (Å²) in [5.41, 5.74) is 1.06. The SMILES string of the molecule is COc1ccccc1C(=O)N[C@H](NC(=S)Nc1ccc(I)cc1)C(Cl)(Cl)Cl. The van der Waals surface area contributed by atoms with Gasteiger partial charge in [0.05, 0.1) is 12.7 Å². The molecule has 0 saturated heterocycles. The number of hydrogen-bond acceptors (Lipinski definition) is 3. The van der Waals surface area contributed by atoms with Crippen molar-refractivity contribution in [2.45, 2.75) is 9.96 Å². The lowest BCUT2D eigenvalue weighted by atomic mass is 10.2. The summed E-state index contributed by atoms with van der Waals surface area (Å²) in [6, 6.07) is 14.3. The minimum Gasteiger partial charge on any atom is -0.496 e. The second-order valence-electron chi connectivity index (χ2n) is 5.25. The first-order chi connectivity index (χ1) is 12.7. The summed E-state index contributed by atoms with van der Waals surface area (Å²) in [6.07, 6.45) is -1.08. The maximum Gasteiger partial charge on any atom is 0.256 e. The minimum absolute atomic E-state index is 0.188. The van der Waals surface area contributed by atoms with Gasteiger partial charge in [-0.15, -0.1) is 0 Å². The Balaban J connectivity index is 2.10. The van der Waals surface area contributed by atoms with Crippen molar-refractivity contribution in [3.8, 4) is 5.75 Å². The second kappa shape index (κ2) is 9.97. The van der Waals surface area contributed by atoms with E-state index in [0.717, 1.165) is 9.26 Å². The highest BCUT2D eigenvalue weighted by atomic mass is 127. The summed E-state index contributed by atoms with van der Waals surface area (Å²) >= 11 is 25.5. The van der Waals surface area contributed by atoms with Crippen molar-refractivity contribution in [1.29, 1.82) is 0 Å². The number of amides is 1. The van der Waals surface area contributed by atoms with E-state index in [0.29, 0.717) is 11.3 Å². The molecule has 0 unspecified atom stereocenters. The van der Waals surface area contributed by atoms with Crippen molar-refractivity contribution in [2.75, 3.05) is 12.4 Å². The van der Waals surface area contributed by atoms with E-state index in [-0.39, 0.29) is 5.11 Å². The molecule has 2 aromatic carbocycles. The topological polar surface area (TPSA) is 62.4 Å². The maximum atomic E-state index is 12.6. The number of rotatable bonds is 5. The monoisotopic (exact) mass is 557 g/mol. The molecule has 0 heterocycles. The third-order valence-electron chi connectivity index (χ3n) is 3.33. The van der Waals surface area contributed by atoms with Gasteiger partial charge in [0.25, 0.3) is 5.91 Å². The third-order valence-corrected chi connectivity index (χ3v) is 4.93. The molecule has 3 N–H and O–H groups in total. The predicted molar refractivity (Wildman–Crippen MR) is 123 cm³/mol. The summed E-state index contributed by atoms with van der Waals surface area (Å²) in [6.45, 7) is 0. The van der Waals surface area contributed by atoms with Crippen LogP contribution in [-0.2, 0) is 0 Å². The highest BCUT2D eigenvalue weighted by molar-refractivity contribution is 14.1. The Morgan fingerprint density at radius 3 is 2.33 bits per heavy atom. The first-order valence-corrected chi connectivity index (χ1v) is 10.2. The molecule has 0 spiro atoms. The van der Waals surface area contributed by atoms with Gasteiger partial charge in [-0.05, 0) is 71.2 Å². The highest BCUT2D eigenvalue weighted by Gasteiger charge is 2.35. The van der Waals surface area contributed by atoms with E-state index in [1.54, 1.807) is 24.3 Å². The third kappa shape index (κ3) is 6.83. The first-order valence-electron chi connectivity index (χ1n) is 7.54. The second-order valence-corrected chi connectivity index (χ2v) is 9.28. The van der Waals surface area contributed by atoms with Crippen LogP contribution in [0.3, 0.4) is 0 Å². The molecule has 0 aliphatic carbocycles. The van der Waals surface area contributed by atoms with Crippen LogP contribution in [0.15, 0.2) is 48.5 Å². The Hall–Kier alpha value is -1.000. The molecule has 0 bridgehead atoms. The van der Waals surface area contributed by atoms with Gasteiger partial charge >= 0.3 is 0 Å². The zero-order valence-corrected chi connectivity index (χ0v) is 19.2. The molecule has 0 saturated carbocycles. The van der Waals surface area contributed by atoms with Crippen LogP contribution in [0.1, 0.15) is 10.4 Å². The molecule has 10 heteroatoms. The van der Waals surface area contributed by atoms with Crippen LogP contribution in [0.4, 0.5) is 5.69 Å². The molecule has 2 rings (SSSR count). The van der Waals surface area contributed by atoms with Gasteiger partial charge in [-0.1, -0.05) is 46.9 Å². The summed E-state index contributed by atoms with van der Waals surface area (Å²) in [4.78, 5) is 12.6. The largest absolute Gasteiger partial charge is 0.496 e. The number of anilines is 1. The zero-order valence-electron chi connectivity index (χ0n) is 13.9. The van der Waals surface area contributed by atoms with Crippen LogP contribution in [0.25, 0.3) is 0 Å². The number of alkyl halides is 3. The Kier molecular flexibility index (Phi) is 8.23. The molecule has 0 aliphatic rings. The van der Waals surface area contributed by atoms with Crippen molar-refractivity contribution in [2.24, 2.45) is 0 Å². The Morgan fingerprint density at radius 2 is 1.74 bits per heavy atom. The number of ether oxygens (including phenoxy) is 1. The fourth-order valence-corrected chi connectivity index (χ4v) is 2.99. The quantitative estimate of drug-likeness (QED) is 0.215. The minimum atomic E-state index is -1.85. The summed E-state index contributed by atoms with van der Waals surface area (Å²) in [5, 5.41) is 8.59. The molecule has 0 fully saturated rings. The molecule has 27 heavy (non-hydrogen) atoms. The van der Waals surface area contributed by atoms with Gasteiger partial charge in [0.1, 0.15) is 11.9 Å². The maximum absolute atomic E-state index is 12.6. The van der Waals surface area contributed by atoms with E-state index in [4.69, 9.17) is 51.8 Å². The molecule has 0 aromatic heterocycles. The van der Waals surface area contributed by atoms with Crippen LogP contribution in [0, 0.1) is 3.57 Å². The lowest BCUT2D eigenvalue weighted by Gasteiger charge is -2.28. The van der Waals surface area contributed by atoms with E-state index in [1.807, 2.05) is 24.3 Å². The van der Waals surface area contributed by atoms with E-state index >= 15 is 0 Å². The Bertz CT molecular complexity index is 816. The molecule has 0 aliphatic heterocycles. The molecular weight excluding hydrogens is 544 g/mol. The van der Waals surface area contributed by atoms with Crippen LogP contribution < -0.4 is 20.7 Å². The fraction of sp³-hybridized carbons (Fsp3) is 0.176. The van der Waals surface area contributed by atoms with E-state index in [2.05, 4.69) is 38.5 Å². The zero-order chi connectivity index (χ0) is 20.0. The number of nitrogens with one attached hydrogen (secondary N) is 3. The van der Waals surface area contributed by atoms with Crippen LogP contribution >= 0.6 is 69.6 Å². The predicted octanol–water partition coefficient (Wildman–Crippen LogP) is 4.71. The van der Waals surface area contributed by atoms with Gasteiger partial charge in [0, 0.05) is 9.26 Å². The van der Waals surface area contributed by atoms with Crippen molar-refractivity contribution < 1.29 is 9.53 Å². The van der Waals surface area contributed by atoms with Crippen molar-refractivity contribution in [3.05, 3.63) is 57.7 Å². The van der Waals surface area contributed by atoms with E-state index in [1.165, 1.54) is 7.11 Å². The van der Waals surface area contributed by atoms with Crippen LogP contribution in [0.5, 0.6) is 5.75 Å². The summed E-state index contributed by atoms with van der Waals surface area (Å²) in [5.74, 6) is -0.0778. The van der Waals surface area contributed by atoms with Crippen molar-refractivity contribution in [1.82, 2.24) is 10.6 Å². The number of hydrogen-bond donors (Lipinski definition) is 3. The fourth-order valence-electron chi connectivity index (χ4n) is 2.07. The molecule has 5 nitrogen and oxygen atoms in total. The average molecular weight is 559 g/mol. The molecule has 1 amide bonds. The van der Waals surface area contributed by atoms with Gasteiger partial charge in [-0.3, -0.25) is 4.79 Å². The van der Waals surface area contributed by atoms with Crippen molar-refractivity contribution >= 4 is 86.3 Å². The molecule has 144 valence electrons. The van der Waals surface area contributed by atoms with Crippen LogP contribution in [0.2, 0.25) is 0 Å². The van der Waals surface area contributed by atoms with Gasteiger partial charge in [-0.25, -0.2) is 0 Å². The lowest BCUT2D eigenvalue weighted by molar-refractivity contribution is 0.0931. The lowest BCUT2D eigenvalue weighted by Crippen LogP contribution is -2.56. The number of carbonyl (C=O) groups excluding carboxylic acids is 1. The number of halogens is 4. The number of para-hydroxylation sites is 1. The number of carbonyl (C=O) groups is 1. The van der Waals surface area contributed by atoms with Crippen LogP contribution in [-0.4, -0.2) is 28.1 Å². The highest BCUT2D eigenvalue weighted by Crippen LogP contribution is 2.30. The molecule has 0 radical (unpaired) electrons. The first kappa shape index (κ1) is 22.3. The average Bonchev–Trinajstić information content (AvgIpc) is 2.62. The van der Waals surface area contributed by atoms with Gasteiger partial charge in [0.15, 0.2) is 5.11 Å². The Labute approximate surface area is 191 Å². The normalized spacial score (nSPS) is 12.0. The van der Waals surface area contributed by atoms with Gasteiger partial charge in [0.2, 0.25) is 3.79 Å². The smallest absolute Gasteiger partial charge is 0.256 e. The van der Waals surface area contributed by atoms with Gasteiger partial charge in [-0.2, -0.15) is 0 Å². The molecule has 2 aromatic rings. The van der Waals surface area contributed by atoms with E-state index < -0.39 is 15.9 Å². The van der Waals surface area contributed by atoms with Crippen molar-refractivity contribution in [3.63, 3.8) is 0 Å². The standard InChI is InChI=1S/C17H15Cl3IN3O2S/c1-26-13-5-3-2-4-12(13)14(25)23-15(17(18,19)20)24-16(27)22-11-8-6-10(21)7-9-11/h2-9,15H,1H3,(H,23,25)(H2,22,24,27)/t15-/m1/s1. The molecule has 1 atom stereocenters. The number of benzene rings is 2. The summed E-state index contributed by atoms with van der Waals surface area (Å²) in [7, 11) is 1.47. The number of thiocarbonyl (C=S) groups is 1. The number of methoxy groups -OCH3 is 1. The Morgan fingerprint density at radius 1 is 1.11 bits per heavy atom.